The maximum Gasteiger partial charge on any atom is 0.285 e. The number of hydrogen-bond donors (Lipinski definition) is 2. The quantitative estimate of drug-likeness (QED) is 0.295. The summed E-state index contributed by atoms with van der Waals surface area (Å²) in [5, 5.41) is 0. The molecule has 3 aromatic rings. The molecule has 1 heterocycles. The maximum absolute atomic E-state index is 13.0. The van der Waals surface area contributed by atoms with Gasteiger partial charge in [0.25, 0.3) is 5.91 Å². The molecule has 2 amide bonds. The zero-order chi connectivity index (χ0) is 27.8. The van der Waals surface area contributed by atoms with Gasteiger partial charge in [0.05, 0.1) is 5.92 Å². The van der Waals surface area contributed by atoms with E-state index in [4.69, 9.17) is 11.5 Å². The highest BCUT2D eigenvalue weighted by molar-refractivity contribution is 6.37. The van der Waals surface area contributed by atoms with Crippen LogP contribution in [0.15, 0.2) is 72.8 Å². The monoisotopic (exact) mass is 524 g/mol. The molecule has 0 aromatic heterocycles. The molecular formula is C32H36N4O3. The van der Waals surface area contributed by atoms with Gasteiger partial charge in [-0.1, -0.05) is 85.8 Å². The number of hydrogen-bond acceptors (Lipinski definition) is 5. The van der Waals surface area contributed by atoms with Crippen molar-refractivity contribution in [2.45, 2.75) is 25.8 Å². The van der Waals surface area contributed by atoms with Crippen LogP contribution in [0.3, 0.4) is 0 Å². The molecule has 7 heteroatoms. The van der Waals surface area contributed by atoms with Gasteiger partial charge in [-0.25, -0.2) is 0 Å². The summed E-state index contributed by atoms with van der Waals surface area (Å²) in [6.07, 6.45) is 3.96. The number of nitrogens with zero attached hydrogens (tertiary/aromatic N) is 2. The molecule has 39 heavy (non-hydrogen) atoms. The lowest BCUT2D eigenvalue weighted by Crippen LogP contribution is -2.45. The second kappa shape index (κ2) is 13.1. The van der Waals surface area contributed by atoms with Crippen molar-refractivity contribution < 1.29 is 14.4 Å². The molecule has 202 valence electrons. The first-order valence-corrected chi connectivity index (χ1v) is 13.4. The van der Waals surface area contributed by atoms with E-state index in [0.29, 0.717) is 11.1 Å². The number of Topliss-reactive ketones (excluding diaryl/α,β-unsaturated/α-hetero) is 1. The number of carbonyl (C=O) groups is 3. The van der Waals surface area contributed by atoms with Crippen LogP contribution in [-0.4, -0.2) is 60.1 Å². The van der Waals surface area contributed by atoms with Crippen LogP contribution < -0.4 is 11.5 Å². The lowest BCUT2D eigenvalue weighted by molar-refractivity contribution is -0.136. The summed E-state index contributed by atoms with van der Waals surface area (Å²) in [5.41, 5.74) is 15.5. The molecule has 0 radical (unpaired) electrons. The molecule has 3 aromatic carbocycles. The summed E-state index contributed by atoms with van der Waals surface area (Å²) < 4.78 is 0. The van der Waals surface area contributed by atoms with Crippen LogP contribution in [0.1, 0.15) is 51.0 Å². The van der Waals surface area contributed by atoms with E-state index in [9.17, 15) is 14.4 Å². The van der Waals surface area contributed by atoms with Crippen molar-refractivity contribution in [2.24, 2.45) is 11.5 Å². The van der Waals surface area contributed by atoms with Crippen molar-refractivity contribution in [3.63, 3.8) is 0 Å². The Bertz CT molecular complexity index is 1330. The van der Waals surface area contributed by atoms with Crippen LogP contribution in [0.2, 0.25) is 0 Å². The number of rotatable bonds is 11. The van der Waals surface area contributed by atoms with Gasteiger partial charge >= 0.3 is 0 Å². The molecule has 0 spiro atoms. The Morgan fingerprint density at radius 1 is 0.795 bits per heavy atom. The van der Waals surface area contributed by atoms with E-state index in [-0.39, 0.29) is 12.0 Å². The number of piperazine rings is 1. The average molecular weight is 525 g/mol. The second-order valence-corrected chi connectivity index (χ2v) is 9.93. The lowest BCUT2D eigenvalue weighted by Gasteiger charge is -2.34. The molecule has 1 atom stereocenters. The largest absolute Gasteiger partial charge is 0.366 e. The first kappa shape index (κ1) is 28.0. The fourth-order valence-corrected chi connectivity index (χ4v) is 5.09. The van der Waals surface area contributed by atoms with E-state index in [1.54, 1.807) is 24.3 Å². The van der Waals surface area contributed by atoms with Gasteiger partial charge in [0.15, 0.2) is 0 Å². The molecule has 4 N–H and O–H groups in total. The lowest BCUT2D eigenvalue weighted by atomic mass is 9.83. The maximum atomic E-state index is 13.0. The minimum absolute atomic E-state index is 0.271. The van der Waals surface area contributed by atoms with Crippen molar-refractivity contribution in [3.05, 3.63) is 106 Å². The number of primary amides is 2. The number of amides is 2. The smallest absolute Gasteiger partial charge is 0.285 e. The molecule has 1 aliphatic heterocycles. The predicted molar refractivity (Wildman–Crippen MR) is 155 cm³/mol. The highest BCUT2D eigenvalue weighted by Gasteiger charge is 2.28. The second-order valence-electron chi connectivity index (χ2n) is 9.93. The number of nitrogens with two attached hydrogens (primary N) is 2. The molecule has 1 fully saturated rings. The molecule has 0 saturated carbocycles. The molecule has 0 bridgehead atoms. The molecular weight excluding hydrogens is 488 g/mol. The zero-order valence-electron chi connectivity index (χ0n) is 22.4. The minimum Gasteiger partial charge on any atom is -0.366 e. The van der Waals surface area contributed by atoms with Crippen LogP contribution in [0, 0.1) is 0 Å². The minimum atomic E-state index is -1.01. The SMILES string of the molecule is CCN1CCN(Cc2ccc(/C=C/c3c(C(N)=O)cccc3C(Cc3ccccc3)C(=O)C(N)=O)cc2)CC1. The molecule has 0 aliphatic carbocycles. The summed E-state index contributed by atoms with van der Waals surface area (Å²) in [7, 11) is 0. The Morgan fingerprint density at radius 3 is 2.08 bits per heavy atom. The van der Waals surface area contributed by atoms with Crippen LogP contribution in [0.5, 0.6) is 0 Å². The third kappa shape index (κ3) is 7.28. The first-order chi connectivity index (χ1) is 18.9. The Kier molecular flexibility index (Phi) is 9.41. The third-order valence-corrected chi connectivity index (χ3v) is 7.36. The topological polar surface area (TPSA) is 110 Å². The summed E-state index contributed by atoms with van der Waals surface area (Å²) in [4.78, 5) is 42.2. The molecule has 1 saturated heterocycles. The zero-order valence-corrected chi connectivity index (χ0v) is 22.4. The normalized spacial score (nSPS) is 15.3. The Morgan fingerprint density at radius 2 is 1.46 bits per heavy atom. The van der Waals surface area contributed by atoms with Gasteiger partial charge < -0.3 is 16.4 Å². The number of ketones is 1. The summed E-state index contributed by atoms with van der Waals surface area (Å²) in [6, 6.07) is 22.8. The number of carbonyl (C=O) groups excluding carboxylic acids is 3. The predicted octanol–water partition coefficient (Wildman–Crippen LogP) is 3.47. The van der Waals surface area contributed by atoms with Gasteiger partial charge in [0, 0.05) is 38.3 Å². The Hall–Kier alpha value is -4.07. The van der Waals surface area contributed by atoms with Crippen molar-refractivity contribution in [1.82, 2.24) is 9.80 Å². The van der Waals surface area contributed by atoms with Crippen molar-refractivity contribution in [2.75, 3.05) is 32.7 Å². The van der Waals surface area contributed by atoms with Crippen LogP contribution in [-0.2, 0) is 22.6 Å². The van der Waals surface area contributed by atoms with Crippen molar-refractivity contribution >= 4 is 29.7 Å². The van der Waals surface area contributed by atoms with Crippen molar-refractivity contribution in [1.29, 1.82) is 0 Å². The Labute approximate surface area is 230 Å². The highest BCUT2D eigenvalue weighted by Crippen LogP contribution is 2.29. The van der Waals surface area contributed by atoms with E-state index < -0.39 is 23.5 Å². The third-order valence-electron chi connectivity index (χ3n) is 7.36. The van der Waals surface area contributed by atoms with Gasteiger partial charge in [-0.15, -0.1) is 0 Å². The van der Waals surface area contributed by atoms with E-state index in [1.807, 2.05) is 48.5 Å². The van der Waals surface area contributed by atoms with E-state index in [1.165, 1.54) is 5.56 Å². The van der Waals surface area contributed by atoms with E-state index in [2.05, 4.69) is 28.9 Å². The summed E-state index contributed by atoms with van der Waals surface area (Å²) >= 11 is 0. The van der Waals surface area contributed by atoms with Gasteiger partial charge in [0.2, 0.25) is 11.7 Å². The first-order valence-electron chi connectivity index (χ1n) is 13.4. The molecule has 1 unspecified atom stereocenters. The molecule has 4 rings (SSSR count). The Balaban J connectivity index is 1.60. The fourth-order valence-electron chi connectivity index (χ4n) is 5.09. The number of benzene rings is 3. The number of likely N-dealkylation sites (N-methyl/N-ethyl adjacent to an activating group) is 1. The summed E-state index contributed by atoms with van der Waals surface area (Å²) in [5.74, 6) is -3.18. The highest BCUT2D eigenvalue weighted by atomic mass is 16.2. The summed E-state index contributed by atoms with van der Waals surface area (Å²) in [6.45, 7) is 8.54. The van der Waals surface area contributed by atoms with Gasteiger partial charge in [-0.05, 0) is 46.8 Å². The van der Waals surface area contributed by atoms with Crippen LogP contribution >= 0.6 is 0 Å². The van der Waals surface area contributed by atoms with E-state index >= 15 is 0 Å². The van der Waals surface area contributed by atoms with E-state index in [0.717, 1.165) is 50.4 Å². The van der Waals surface area contributed by atoms with Crippen molar-refractivity contribution in [3.8, 4) is 0 Å². The van der Waals surface area contributed by atoms with Crippen LogP contribution in [0.4, 0.5) is 0 Å². The standard InChI is InChI=1S/C32H36N4O3/c1-2-35-17-19-36(20-18-35)22-25-13-11-23(12-14-25)15-16-27-26(9-6-10-28(27)31(33)38)29(30(37)32(34)39)21-24-7-4-3-5-8-24/h3-16,29H,2,17-22H2,1H3,(H2,33,38)(H2,34,39)/b16-15+. The average Bonchev–Trinajstić information content (AvgIpc) is 2.96. The van der Waals surface area contributed by atoms with Crippen LogP contribution in [0.25, 0.3) is 12.2 Å². The molecule has 1 aliphatic rings. The van der Waals surface area contributed by atoms with Gasteiger partial charge in [0.1, 0.15) is 0 Å². The van der Waals surface area contributed by atoms with Gasteiger partial charge in [-0.3, -0.25) is 19.3 Å². The molecule has 7 nitrogen and oxygen atoms in total. The fraction of sp³-hybridized carbons (Fsp3) is 0.281. The van der Waals surface area contributed by atoms with Gasteiger partial charge in [-0.2, -0.15) is 0 Å².